The molecule has 3 rings (SSSR count). The summed E-state index contributed by atoms with van der Waals surface area (Å²) in [4.78, 5) is 49.3. The molecule has 1 aromatic carbocycles. The summed E-state index contributed by atoms with van der Waals surface area (Å²) in [5.41, 5.74) is -0.447. The third-order valence-electron chi connectivity index (χ3n) is 5.00. The smallest absolute Gasteiger partial charge is 0.337 e. The van der Waals surface area contributed by atoms with Crippen molar-refractivity contribution in [3.05, 3.63) is 29.8 Å². The lowest BCUT2D eigenvalue weighted by atomic mass is 9.82. The number of methoxy groups -OCH3 is 1. The molecule has 0 bridgehead atoms. The minimum absolute atomic E-state index is 0.0223. The number of urea groups is 1. The number of rotatable bonds is 5. The Kier molecular flexibility index (Phi) is 5.43. The molecule has 0 unspecified atom stereocenters. The molecule has 27 heavy (non-hydrogen) atoms. The van der Waals surface area contributed by atoms with Gasteiger partial charge in [-0.3, -0.25) is 14.5 Å². The van der Waals surface area contributed by atoms with E-state index < -0.39 is 23.5 Å². The number of amides is 3. The molecule has 8 nitrogen and oxygen atoms in total. The van der Waals surface area contributed by atoms with Crippen LogP contribution in [0.3, 0.4) is 0 Å². The summed E-state index contributed by atoms with van der Waals surface area (Å²) in [6, 6.07) is 5.48. The lowest BCUT2D eigenvalue weighted by Gasteiger charge is -2.30. The first-order valence-electron chi connectivity index (χ1n) is 8.98. The Morgan fingerprint density at radius 1 is 1.11 bits per heavy atom. The Morgan fingerprint density at radius 2 is 1.78 bits per heavy atom. The summed E-state index contributed by atoms with van der Waals surface area (Å²) in [6.45, 7) is -0.0223. The quantitative estimate of drug-likeness (QED) is 0.481. The van der Waals surface area contributed by atoms with E-state index in [4.69, 9.17) is 4.74 Å². The van der Waals surface area contributed by atoms with Crippen LogP contribution in [0.15, 0.2) is 24.3 Å². The molecule has 1 heterocycles. The lowest BCUT2D eigenvalue weighted by Crippen LogP contribution is -2.48. The van der Waals surface area contributed by atoms with Crippen LogP contribution >= 0.6 is 0 Å². The first kappa shape index (κ1) is 18.9. The SMILES string of the molecule is COC(=O)c1ccc(OC(=O)CCN2C(=O)NC3(CCCCC3)C2=O)cc1. The Morgan fingerprint density at radius 3 is 2.41 bits per heavy atom. The van der Waals surface area contributed by atoms with Crippen LogP contribution in [-0.4, -0.2) is 48.0 Å². The van der Waals surface area contributed by atoms with Gasteiger partial charge in [0.25, 0.3) is 5.91 Å². The van der Waals surface area contributed by atoms with Crippen molar-refractivity contribution in [3.63, 3.8) is 0 Å². The second-order valence-electron chi connectivity index (χ2n) is 6.77. The van der Waals surface area contributed by atoms with Crippen LogP contribution in [0.4, 0.5) is 4.79 Å². The molecule has 2 fully saturated rings. The fraction of sp³-hybridized carbons (Fsp3) is 0.474. The van der Waals surface area contributed by atoms with Crippen LogP contribution in [-0.2, 0) is 14.3 Å². The largest absolute Gasteiger partial charge is 0.465 e. The minimum Gasteiger partial charge on any atom is -0.465 e. The molecule has 1 aliphatic carbocycles. The lowest BCUT2D eigenvalue weighted by molar-refractivity contribution is -0.136. The predicted octanol–water partition coefficient (Wildman–Crippen LogP) is 2.02. The highest BCUT2D eigenvalue weighted by atomic mass is 16.5. The van der Waals surface area contributed by atoms with Crippen LogP contribution in [0.25, 0.3) is 0 Å². The van der Waals surface area contributed by atoms with E-state index in [1.807, 2.05) is 0 Å². The van der Waals surface area contributed by atoms with Gasteiger partial charge in [-0.25, -0.2) is 9.59 Å². The van der Waals surface area contributed by atoms with Crippen LogP contribution in [0.5, 0.6) is 5.75 Å². The van der Waals surface area contributed by atoms with Crippen LogP contribution < -0.4 is 10.1 Å². The zero-order valence-corrected chi connectivity index (χ0v) is 15.2. The number of hydrogen-bond donors (Lipinski definition) is 1. The topological polar surface area (TPSA) is 102 Å². The van der Waals surface area contributed by atoms with Crippen LogP contribution in [0, 0.1) is 0 Å². The number of carbonyl (C=O) groups excluding carboxylic acids is 4. The van der Waals surface area contributed by atoms with Gasteiger partial charge in [0, 0.05) is 6.54 Å². The highest BCUT2D eigenvalue weighted by Gasteiger charge is 2.51. The maximum Gasteiger partial charge on any atom is 0.337 e. The molecule has 0 aromatic heterocycles. The van der Waals surface area contributed by atoms with E-state index in [-0.39, 0.29) is 24.6 Å². The van der Waals surface area contributed by atoms with Crippen LogP contribution in [0.1, 0.15) is 48.9 Å². The first-order valence-corrected chi connectivity index (χ1v) is 8.98. The Labute approximate surface area is 156 Å². The van der Waals surface area contributed by atoms with Gasteiger partial charge in [-0.15, -0.1) is 0 Å². The Hall–Kier alpha value is -2.90. The first-order chi connectivity index (χ1) is 12.9. The Bertz CT molecular complexity index is 752. The van der Waals surface area contributed by atoms with E-state index in [1.54, 1.807) is 0 Å². The van der Waals surface area contributed by atoms with E-state index in [0.29, 0.717) is 18.4 Å². The normalized spacial score (nSPS) is 18.3. The van der Waals surface area contributed by atoms with Crippen molar-refractivity contribution in [1.82, 2.24) is 10.2 Å². The standard InChI is InChI=1S/C19H22N2O6/c1-26-16(23)13-5-7-14(8-6-13)27-15(22)9-12-21-17(24)19(20-18(21)25)10-3-2-4-11-19/h5-8H,2-4,9-12H2,1H3,(H,20,25). The number of nitrogens with one attached hydrogen (secondary N) is 1. The second-order valence-corrected chi connectivity index (χ2v) is 6.77. The number of nitrogens with zero attached hydrogens (tertiary/aromatic N) is 1. The molecule has 144 valence electrons. The number of carbonyl (C=O) groups is 4. The molecular weight excluding hydrogens is 352 g/mol. The van der Waals surface area contributed by atoms with Gasteiger partial charge >= 0.3 is 18.0 Å². The molecule has 1 saturated heterocycles. The van der Waals surface area contributed by atoms with Crippen molar-refractivity contribution in [2.75, 3.05) is 13.7 Å². The summed E-state index contributed by atoms with van der Waals surface area (Å²) < 4.78 is 9.79. The molecular formula is C19H22N2O6. The molecule has 1 saturated carbocycles. The molecule has 1 N–H and O–H groups in total. The minimum atomic E-state index is -0.789. The zero-order chi connectivity index (χ0) is 19.4. The molecule has 2 aliphatic rings. The van der Waals surface area contributed by atoms with Gasteiger partial charge in [0.1, 0.15) is 11.3 Å². The van der Waals surface area contributed by atoms with E-state index in [0.717, 1.165) is 24.2 Å². The molecule has 1 spiro atoms. The van der Waals surface area contributed by atoms with Crippen molar-refractivity contribution in [1.29, 1.82) is 0 Å². The van der Waals surface area contributed by atoms with Gasteiger partial charge in [0.15, 0.2) is 0 Å². The monoisotopic (exact) mass is 374 g/mol. The number of imide groups is 1. The third-order valence-corrected chi connectivity index (χ3v) is 5.00. The van der Waals surface area contributed by atoms with E-state index >= 15 is 0 Å². The van der Waals surface area contributed by atoms with Gasteiger partial charge in [-0.1, -0.05) is 19.3 Å². The molecule has 3 amide bonds. The second kappa shape index (κ2) is 7.77. The number of hydrogen-bond acceptors (Lipinski definition) is 6. The summed E-state index contributed by atoms with van der Waals surface area (Å²) in [6.07, 6.45) is 4.06. The summed E-state index contributed by atoms with van der Waals surface area (Å²) in [7, 11) is 1.28. The molecule has 1 aliphatic heterocycles. The summed E-state index contributed by atoms with van der Waals surface area (Å²) in [5.74, 6) is -1.02. The van der Waals surface area contributed by atoms with Crippen molar-refractivity contribution in [3.8, 4) is 5.75 Å². The van der Waals surface area contributed by atoms with Crippen LogP contribution in [0.2, 0.25) is 0 Å². The molecule has 0 radical (unpaired) electrons. The zero-order valence-electron chi connectivity index (χ0n) is 15.2. The van der Waals surface area contributed by atoms with Gasteiger partial charge < -0.3 is 14.8 Å². The van der Waals surface area contributed by atoms with E-state index in [2.05, 4.69) is 10.1 Å². The van der Waals surface area contributed by atoms with Crippen molar-refractivity contribution >= 4 is 23.9 Å². The molecule has 8 heteroatoms. The average Bonchev–Trinajstić information content (AvgIpc) is 2.90. The third kappa shape index (κ3) is 3.94. The summed E-state index contributed by atoms with van der Waals surface area (Å²) in [5, 5.41) is 2.81. The van der Waals surface area contributed by atoms with E-state index in [1.165, 1.54) is 31.4 Å². The van der Waals surface area contributed by atoms with Crippen molar-refractivity contribution in [2.45, 2.75) is 44.1 Å². The Balaban J connectivity index is 1.54. The van der Waals surface area contributed by atoms with Crippen molar-refractivity contribution < 1.29 is 28.7 Å². The number of benzene rings is 1. The molecule has 1 aromatic rings. The number of esters is 2. The summed E-state index contributed by atoms with van der Waals surface area (Å²) >= 11 is 0. The fourth-order valence-corrected chi connectivity index (χ4v) is 3.54. The van der Waals surface area contributed by atoms with E-state index in [9.17, 15) is 19.2 Å². The fourth-order valence-electron chi connectivity index (χ4n) is 3.54. The molecule has 0 atom stereocenters. The van der Waals surface area contributed by atoms with Gasteiger partial charge in [-0.05, 0) is 37.1 Å². The van der Waals surface area contributed by atoms with Crippen molar-refractivity contribution in [2.24, 2.45) is 0 Å². The van der Waals surface area contributed by atoms with Gasteiger partial charge in [0.05, 0.1) is 19.1 Å². The highest BCUT2D eigenvalue weighted by Crippen LogP contribution is 2.33. The number of ether oxygens (including phenoxy) is 2. The maximum atomic E-state index is 12.6. The van der Waals surface area contributed by atoms with Gasteiger partial charge in [-0.2, -0.15) is 0 Å². The average molecular weight is 374 g/mol. The maximum absolute atomic E-state index is 12.6. The van der Waals surface area contributed by atoms with Gasteiger partial charge in [0.2, 0.25) is 0 Å². The highest BCUT2D eigenvalue weighted by molar-refractivity contribution is 6.07. The predicted molar refractivity (Wildman–Crippen MR) is 94.1 cm³/mol.